The summed E-state index contributed by atoms with van der Waals surface area (Å²) in [5, 5.41) is 13.8. The number of aryl methyl sites for hydroxylation is 1. The van der Waals surface area contributed by atoms with Crippen molar-refractivity contribution in [2.75, 3.05) is 0 Å². The number of hydrogen-bond acceptors (Lipinski definition) is 4. The van der Waals surface area contributed by atoms with Gasteiger partial charge in [0.1, 0.15) is 5.69 Å². The van der Waals surface area contributed by atoms with Gasteiger partial charge in [-0.25, -0.2) is 0 Å². The fourth-order valence-electron chi connectivity index (χ4n) is 6.25. The number of nitrogens with zero attached hydrogens (tertiary/aromatic N) is 5. The highest BCUT2D eigenvalue weighted by atomic mass is 15.4. The Kier molecular flexibility index (Phi) is 4.61. The summed E-state index contributed by atoms with van der Waals surface area (Å²) >= 11 is 0. The standard InChI is InChI=1S/C31H28N7/c32-31(14-4-15-31)22-7-9-23(10-8-22)38-30-25-17-21(20-5-2-1-3-6-20)18-33-27(25)13-16-37(30)29(36-38)24-11-12-28-26(24)19-34-35-28/h1-3,5-10,13,16-19,24H,4,11-12,14-15,32H2,(H,34,35)/q+1. The minimum atomic E-state index is -0.187. The summed E-state index contributed by atoms with van der Waals surface area (Å²) in [6.07, 6.45) is 11.3. The molecule has 7 nitrogen and oxygen atoms in total. The highest BCUT2D eigenvalue weighted by Gasteiger charge is 2.37. The van der Waals surface area contributed by atoms with Gasteiger partial charge in [0.15, 0.2) is 0 Å². The molecule has 6 aromatic rings. The third-order valence-corrected chi connectivity index (χ3v) is 8.58. The zero-order valence-electron chi connectivity index (χ0n) is 21.0. The first-order valence-electron chi connectivity index (χ1n) is 13.4. The minimum absolute atomic E-state index is 0.182. The highest BCUT2D eigenvalue weighted by Crippen LogP contribution is 2.39. The molecule has 0 spiro atoms. The second-order valence-corrected chi connectivity index (χ2v) is 10.8. The monoisotopic (exact) mass is 498 g/mol. The summed E-state index contributed by atoms with van der Waals surface area (Å²) in [5.74, 6) is 1.20. The molecule has 0 bridgehead atoms. The molecule has 4 aromatic heterocycles. The molecular formula is C31H28N7+. The van der Waals surface area contributed by atoms with Crippen molar-refractivity contribution in [2.45, 2.75) is 43.6 Å². The van der Waals surface area contributed by atoms with Crippen LogP contribution < -0.4 is 10.1 Å². The van der Waals surface area contributed by atoms with Crippen LogP contribution in [0.2, 0.25) is 0 Å². The van der Waals surface area contributed by atoms with E-state index >= 15 is 0 Å². The molecule has 1 fully saturated rings. The molecule has 186 valence electrons. The normalized spacial score (nSPS) is 18.1. The van der Waals surface area contributed by atoms with Crippen LogP contribution in [-0.4, -0.2) is 25.0 Å². The predicted molar refractivity (Wildman–Crippen MR) is 146 cm³/mol. The fraction of sp³-hybridized carbons (Fsp3) is 0.226. The van der Waals surface area contributed by atoms with Gasteiger partial charge in [0.25, 0.3) is 11.5 Å². The molecule has 2 aliphatic carbocycles. The topological polar surface area (TPSA) is 89.5 Å². The first kappa shape index (κ1) is 21.7. The van der Waals surface area contributed by atoms with Crippen molar-refractivity contribution >= 4 is 16.6 Å². The van der Waals surface area contributed by atoms with Crippen molar-refractivity contribution < 1.29 is 4.40 Å². The van der Waals surface area contributed by atoms with Gasteiger partial charge in [0, 0.05) is 33.7 Å². The Bertz CT molecular complexity index is 1810. The highest BCUT2D eigenvalue weighted by molar-refractivity contribution is 5.92. The van der Waals surface area contributed by atoms with Crippen LogP contribution in [0.25, 0.3) is 33.4 Å². The average molecular weight is 499 g/mol. The number of nitrogens with one attached hydrogen (secondary N) is 1. The molecule has 2 aromatic carbocycles. The van der Waals surface area contributed by atoms with E-state index in [9.17, 15) is 0 Å². The molecule has 38 heavy (non-hydrogen) atoms. The Morgan fingerprint density at radius 1 is 0.974 bits per heavy atom. The van der Waals surface area contributed by atoms with Crippen LogP contribution in [0.4, 0.5) is 0 Å². The van der Waals surface area contributed by atoms with E-state index in [0.29, 0.717) is 0 Å². The summed E-state index contributed by atoms with van der Waals surface area (Å²) in [6, 6.07) is 23.4. The van der Waals surface area contributed by atoms with Gasteiger partial charge >= 0.3 is 0 Å². The van der Waals surface area contributed by atoms with Gasteiger partial charge in [-0.05, 0) is 67.5 Å². The number of fused-ring (bicyclic) bond motifs is 4. The van der Waals surface area contributed by atoms with E-state index in [1.54, 1.807) is 0 Å². The molecule has 1 saturated carbocycles. The number of H-pyrrole nitrogens is 1. The molecule has 3 N–H and O–H groups in total. The van der Waals surface area contributed by atoms with Gasteiger partial charge in [-0.3, -0.25) is 10.1 Å². The van der Waals surface area contributed by atoms with E-state index in [0.717, 1.165) is 64.9 Å². The van der Waals surface area contributed by atoms with Crippen LogP contribution in [0.5, 0.6) is 0 Å². The third-order valence-electron chi connectivity index (χ3n) is 8.58. The Hall–Kier alpha value is -4.36. The molecule has 8 rings (SSSR count). The number of nitrogens with two attached hydrogens (primary N) is 1. The van der Waals surface area contributed by atoms with E-state index in [1.807, 2.05) is 18.5 Å². The van der Waals surface area contributed by atoms with Crippen LogP contribution in [0.1, 0.15) is 54.2 Å². The summed E-state index contributed by atoms with van der Waals surface area (Å²) in [5.41, 5.74) is 15.3. The minimum Gasteiger partial charge on any atom is -0.321 e. The maximum absolute atomic E-state index is 6.63. The maximum Gasteiger partial charge on any atom is 0.290 e. The van der Waals surface area contributed by atoms with E-state index in [4.69, 9.17) is 15.8 Å². The van der Waals surface area contributed by atoms with Gasteiger partial charge in [-0.1, -0.05) is 47.1 Å². The summed E-state index contributed by atoms with van der Waals surface area (Å²) in [6.45, 7) is 0. The van der Waals surface area contributed by atoms with E-state index in [2.05, 4.69) is 86.1 Å². The lowest BCUT2D eigenvalue weighted by atomic mass is 9.73. The van der Waals surface area contributed by atoms with Gasteiger partial charge in [-0.2, -0.15) is 9.50 Å². The molecule has 4 heterocycles. The molecule has 0 aliphatic heterocycles. The smallest absolute Gasteiger partial charge is 0.290 e. The quantitative estimate of drug-likeness (QED) is 0.336. The van der Waals surface area contributed by atoms with Crippen molar-refractivity contribution in [3.8, 4) is 16.8 Å². The Balaban J connectivity index is 1.37. The van der Waals surface area contributed by atoms with E-state index < -0.39 is 0 Å². The summed E-state index contributed by atoms with van der Waals surface area (Å²) in [7, 11) is 0. The maximum atomic E-state index is 6.63. The van der Waals surface area contributed by atoms with Crippen molar-refractivity contribution in [1.29, 1.82) is 0 Å². The molecule has 1 atom stereocenters. The van der Waals surface area contributed by atoms with Crippen LogP contribution in [0.15, 0.2) is 85.3 Å². The number of rotatable bonds is 4. The van der Waals surface area contributed by atoms with Gasteiger partial charge in [0.05, 0.1) is 29.2 Å². The van der Waals surface area contributed by atoms with Crippen LogP contribution in [0.3, 0.4) is 0 Å². The Morgan fingerprint density at radius 2 is 1.82 bits per heavy atom. The van der Waals surface area contributed by atoms with Crippen LogP contribution in [0, 0.1) is 0 Å². The molecule has 1 unspecified atom stereocenters. The van der Waals surface area contributed by atoms with Crippen molar-refractivity contribution in [3.05, 3.63) is 108 Å². The molecule has 7 heteroatoms. The Morgan fingerprint density at radius 3 is 2.61 bits per heavy atom. The average Bonchev–Trinajstić information content (AvgIpc) is 3.67. The van der Waals surface area contributed by atoms with E-state index in [1.165, 1.54) is 23.2 Å². The molecule has 0 radical (unpaired) electrons. The van der Waals surface area contributed by atoms with Gasteiger partial charge in [-0.15, -0.1) is 0 Å². The molecule has 2 aliphatic rings. The SMILES string of the molecule is NC1(c2ccc(-n3nc(C4CCc5[nH]ncc54)[n+]4ccc5ncc(-c6ccccc6)cc5c34)cc2)CCC1. The lowest BCUT2D eigenvalue weighted by Gasteiger charge is -2.38. The van der Waals surface area contributed by atoms with Crippen molar-refractivity contribution in [2.24, 2.45) is 5.73 Å². The second-order valence-electron chi connectivity index (χ2n) is 10.8. The Labute approximate surface area is 220 Å². The molecule has 0 saturated heterocycles. The lowest BCUT2D eigenvalue weighted by molar-refractivity contribution is -0.522. The van der Waals surface area contributed by atoms with Crippen LogP contribution >= 0.6 is 0 Å². The van der Waals surface area contributed by atoms with Gasteiger partial charge < -0.3 is 5.73 Å². The molecule has 0 amide bonds. The summed E-state index contributed by atoms with van der Waals surface area (Å²) < 4.78 is 4.33. The summed E-state index contributed by atoms with van der Waals surface area (Å²) in [4.78, 5) is 4.86. The molecular weight excluding hydrogens is 470 g/mol. The number of pyridine rings is 2. The number of aromatic nitrogens is 6. The van der Waals surface area contributed by atoms with Gasteiger partial charge in [0.2, 0.25) is 0 Å². The van der Waals surface area contributed by atoms with Crippen molar-refractivity contribution in [1.82, 2.24) is 25.0 Å². The zero-order chi connectivity index (χ0) is 25.3. The fourth-order valence-corrected chi connectivity index (χ4v) is 6.25. The van der Waals surface area contributed by atoms with Crippen molar-refractivity contribution in [3.63, 3.8) is 0 Å². The third kappa shape index (κ3) is 3.18. The zero-order valence-corrected chi connectivity index (χ0v) is 21.0. The van der Waals surface area contributed by atoms with E-state index in [-0.39, 0.29) is 11.5 Å². The predicted octanol–water partition coefficient (Wildman–Crippen LogP) is 4.97. The first-order valence-corrected chi connectivity index (χ1v) is 13.4. The largest absolute Gasteiger partial charge is 0.321 e. The first-order chi connectivity index (χ1) is 18.7. The number of benzene rings is 2. The second kappa shape index (κ2) is 8.07. The number of hydrogen-bond donors (Lipinski definition) is 2. The number of aromatic amines is 1. The lowest BCUT2D eigenvalue weighted by Crippen LogP contribution is -2.43. The van der Waals surface area contributed by atoms with Crippen LogP contribution in [-0.2, 0) is 12.0 Å².